The molecule has 1 atom stereocenters. The minimum Gasteiger partial charge on any atom is -0.387 e. The SMILES string of the molecule is CCCCCSC(CC)C(=N)N. The Balaban J connectivity index is 3.38. The Morgan fingerprint density at radius 1 is 1.42 bits per heavy atom. The molecular weight excluding hydrogens is 168 g/mol. The molecule has 0 aliphatic rings. The minimum atomic E-state index is 0.252. The summed E-state index contributed by atoms with van der Waals surface area (Å²) in [6.07, 6.45) is 4.79. The Morgan fingerprint density at radius 3 is 2.50 bits per heavy atom. The van der Waals surface area contributed by atoms with Gasteiger partial charge in [-0.25, -0.2) is 0 Å². The third kappa shape index (κ3) is 5.47. The number of hydrogen-bond donors (Lipinski definition) is 2. The predicted octanol–water partition coefficient (Wildman–Crippen LogP) is 2.62. The minimum absolute atomic E-state index is 0.252. The van der Waals surface area contributed by atoms with Crippen LogP contribution in [-0.2, 0) is 0 Å². The summed E-state index contributed by atoms with van der Waals surface area (Å²) >= 11 is 1.82. The highest BCUT2D eigenvalue weighted by Crippen LogP contribution is 2.16. The molecule has 0 aliphatic heterocycles. The molecule has 0 saturated heterocycles. The van der Waals surface area contributed by atoms with Crippen molar-refractivity contribution in [2.75, 3.05) is 5.75 Å². The zero-order valence-corrected chi connectivity index (χ0v) is 8.91. The van der Waals surface area contributed by atoms with Crippen LogP contribution in [0.25, 0.3) is 0 Å². The van der Waals surface area contributed by atoms with Gasteiger partial charge in [-0.05, 0) is 18.6 Å². The van der Waals surface area contributed by atoms with Crippen molar-refractivity contribution in [2.24, 2.45) is 5.73 Å². The standard InChI is InChI=1S/C9H20N2S/c1-3-5-6-7-12-8(4-2)9(10)11/h8H,3-7H2,1-2H3,(H3,10,11). The van der Waals surface area contributed by atoms with Crippen LogP contribution in [0.1, 0.15) is 39.5 Å². The molecule has 1 unspecified atom stereocenters. The quantitative estimate of drug-likeness (QED) is 0.366. The molecule has 0 spiro atoms. The molecule has 0 bridgehead atoms. The molecule has 0 aliphatic carbocycles. The van der Waals surface area contributed by atoms with Crippen molar-refractivity contribution in [3.05, 3.63) is 0 Å². The van der Waals surface area contributed by atoms with Gasteiger partial charge >= 0.3 is 0 Å². The van der Waals surface area contributed by atoms with E-state index >= 15 is 0 Å². The van der Waals surface area contributed by atoms with Gasteiger partial charge in [0, 0.05) is 0 Å². The first-order valence-corrected chi connectivity index (χ1v) is 5.72. The molecule has 0 heterocycles. The number of rotatable bonds is 7. The van der Waals surface area contributed by atoms with E-state index in [9.17, 15) is 0 Å². The van der Waals surface area contributed by atoms with Gasteiger partial charge < -0.3 is 5.73 Å². The van der Waals surface area contributed by atoms with Gasteiger partial charge in [-0.1, -0.05) is 26.7 Å². The number of unbranched alkanes of at least 4 members (excludes halogenated alkanes) is 2. The Labute approximate surface area is 79.8 Å². The van der Waals surface area contributed by atoms with Crippen molar-refractivity contribution in [3.8, 4) is 0 Å². The van der Waals surface area contributed by atoms with Crippen molar-refractivity contribution in [2.45, 2.75) is 44.8 Å². The van der Waals surface area contributed by atoms with E-state index in [0.717, 1.165) is 12.2 Å². The van der Waals surface area contributed by atoms with Gasteiger partial charge in [-0.2, -0.15) is 11.8 Å². The fraction of sp³-hybridized carbons (Fsp3) is 0.889. The summed E-state index contributed by atoms with van der Waals surface area (Å²) < 4.78 is 0. The number of nitrogens with one attached hydrogen (secondary N) is 1. The maximum Gasteiger partial charge on any atom is 0.104 e. The van der Waals surface area contributed by atoms with Crippen LogP contribution in [0.4, 0.5) is 0 Å². The summed E-state index contributed by atoms with van der Waals surface area (Å²) in [4.78, 5) is 0. The van der Waals surface area contributed by atoms with Crippen LogP contribution in [0.15, 0.2) is 0 Å². The zero-order valence-electron chi connectivity index (χ0n) is 8.10. The molecule has 3 heteroatoms. The molecule has 0 aromatic heterocycles. The van der Waals surface area contributed by atoms with Gasteiger partial charge in [0.25, 0.3) is 0 Å². The van der Waals surface area contributed by atoms with Gasteiger partial charge in [-0.15, -0.1) is 0 Å². The summed E-state index contributed by atoms with van der Waals surface area (Å²) in [7, 11) is 0. The highest BCUT2D eigenvalue weighted by atomic mass is 32.2. The first-order chi connectivity index (χ1) is 5.72. The van der Waals surface area contributed by atoms with Crippen molar-refractivity contribution < 1.29 is 0 Å². The predicted molar refractivity (Wildman–Crippen MR) is 58.0 cm³/mol. The van der Waals surface area contributed by atoms with Crippen molar-refractivity contribution in [3.63, 3.8) is 0 Å². The molecule has 72 valence electrons. The fourth-order valence-corrected chi connectivity index (χ4v) is 2.08. The van der Waals surface area contributed by atoms with Crippen LogP contribution in [0.2, 0.25) is 0 Å². The van der Waals surface area contributed by atoms with Crippen LogP contribution in [0.5, 0.6) is 0 Å². The Morgan fingerprint density at radius 2 is 2.08 bits per heavy atom. The van der Waals surface area contributed by atoms with Gasteiger partial charge in [-0.3, -0.25) is 5.41 Å². The van der Waals surface area contributed by atoms with Crippen molar-refractivity contribution >= 4 is 17.6 Å². The molecule has 0 rings (SSSR count). The van der Waals surface area contributed by atoms with Crippen LogP contribution in [0.3, 0.4) is 0 Å². The smallest absolute Gasteiger partial charge is 0.104 e. The van der Waals surface area contributed by atoms with E-state index in [1.807, 2.05) is 11.8 Å². The lowest BCUT2D eigenvalue weighted by atomic mass is 10.3. The second-order valence-electron chi connectivity index (χ2n) is 2.93. The highest BCUT2D eigenvalue weighted by molar-refractivity contribution is 8.00. The Hall–Kier alpha value is -0.180. The molecule has 0 fully saturated rings. The molecule has 3 N–H and O–H groups in total. The number of thioether (sulfide) groups is 1. The van der Waals surface area contributed by atoms with Crippen LogP contribution in [-0.4, -0.2) is 16.8 Å². The summed E-state index contributed by atoms with van der Waals surface area (Å²) in [6, 6.07) is 0. The number of nitrogens with two attached hydrogens (primary N) is 1. The maximum absolute atomic E-state index is 7.29. The second kappa shape index (κ2) is 7.47. The third-order valence-electron chi connectivity index (χ3n) is 1.78. The molecule has 0 aromatic carbocycles. The van der Waals surface area contributed by atoms with Gasteiger partial charge in [0.1, 0.15) is 5.84 Å². The van der Waals surface area contributed by atoms with Gasteiger partial charge in [0.15, 0.2) is 0 Å². The second-order valence-corrected chi connectivity index (χ2v) is 4.24. The topological polar surface area (TPSA) is 49.9 Å². The average molecular weight is 188 g/mol. The van der Waals surface area contributed by atoms with E-state index < -0.39 is 0 Å². The third-order valence-corrected chi connectivity index (χ3v) is 3.30. The fourth-order valence-electron chi connectivity index (χ4n) is 1.01. The van der Waals surface area contributed by atoms with Crippen LogP contribution < -0.4 is 5.73 Å². The lowest BCUT2D eigenvalue weighted by Crippen LogP contribution is -2.24. The molecular formula is C9H20N2S. The van der Waals surface area contributed by atoms with E-state index in [0.29, 0.717) is 5.84 Å². The van der Waals surface area contributed by atoms with Gasteiger partial charge in [0.05, 0.1) is 5.25 Å². The zero-order chi connectivity index (χ0) is 9.40. The van der Waals surface area contributed by atoms with E-state index in [1.54, 1.807) is 0 Å². The molecule has 0 amide bonds. The molecule has 0 saturated carbocycles. The first kappa shape index (κ1) is 11.8. The van der Waals surface area contributed by atoms with Crippen molar-refractivity contribution in [1.82, 2.24) is 0 Å². The van der Waals surface area contributed by atoms with E-state index in [1.165, 1.54) is 19.3 Å². The van der Waals surface area contributed by atoms with E-state index in [2.05, 4.69) is 13.8 Å². The van der Waals surface area contributed by atoms with Crippen LogP contribution in [0, 0.1) is 5.41 Å². The Bertz CT molecular complexity index is 126. The van der Waals surface area contributed by atoms with Crippen molar-refractivity contribution in [1.29, 1.82) is 5.41 Å². The van der Waals surface area contributed by atoms with E-state index in [-0.39, 0.29) is 5.25 Å². The number of hydrogen-bond acceptors (Lipinski definition) is 2. The lowest BCUT2D eigenvalue weighted by molar-refractivity contribution is 0.777. The Kier molecular flexibility index (Phi) is 7.36. The normalized spacial score (nSPS) is 12.8. The van der Waals surface area contributed by atoms with Crippen LogP contribution >= 0.6 is 11.8 Å². The number of amidine groups is 1. The lowest BCUT2D eigenvalue weighted by Gasteiger charge is -2.11. The summed E-state index contributed by atoms with van der Waals surface area (Å²) in [5, 5.41) is 7.54. The first-order valence-electron chi connectivity index (χ1n) is 4.67. The highest BCUT2D eigenvalue weighted by Gasteiger charge is 2.08. The van der Waals surface area contributed by atoms with E-state index in [4.69, 9.17) is 11.1 Å². The monoisotopic (exact) mass is 188 g/mol. The average Bonchev–Trinajstić information content (AvgIpc) is 2.04. The molecule has 0 aromatic rings. The summed E-state index contributed by atoms with van der Waals surface area (Å²) in [6.45, 7) is 4.28. The summed E-state index contributed by atoms with van der Waals surface area (Å²) in [5.74, 6) is 1.48. The molecule has 2 nitrogen and oxygen atoms in total. The largest absolute Gasteiger partial charge is 0.387 e. The summed E-state index contributed by atoms with van der Waals surface area (Å²) in [5.41, 5.74) is 5.42. The molecule has 12 heavy (non-hydrogen) atoms. The molecule has 0 radical (unpaired) electrons. The van der Waals surface area contributed by atoms with Gasteiger partial charge in [0.2, 0.25) is 0 Å². The maximum atomic E-state index is 7.29.